The van der Waals surface area contributed by atoms with Crippen LogP contribution in [0.25, 0.3) is 33.2 Å². The predicted molar refractivity (Wildman–Crippen MR) is 190 cm³/mol. The summed E-state index contributed by atoms with van der Waals surface area (Å²) in [6, 6.07) is 5.98. The predicted octanol–water partition coefficient (Wildman–Crippen LogP) is 5.89. The first-order chi connectivity index (χ1) is 23.5. The molecule has 4 N–H and O–H groups in total. The monoisotopic (exact) mass is 667 g/mol. The van der Waals surface area contributed by atoms with Gasteiger partial charge in [0.2, 0.25) is 0 Å². The van der Waals surface area contributed by atoms with Crippen LogP contribution in [-0.2, 0) is 31.9 Å². The summed E-state index contributed by atoms with van der Waals surface area (Å²) in [5.41, 5.74) is 11.3. The Morgan fingerprint density at radius 3 is 2.33 bits per heavy atom. The molecule has 2 aliphatic heterocycles. The fourth-order valence-corrected chi connectivity index (χ4v) is 6.97. The molecule has 258 valence electrons. The third-order valence-corrected chi connectivity index (χ3v) is 9.80. The van der Waals surface area contributed by atoms with Gasteiger partial charge in [0, 0.05) is 58.2 Å². The molecule has 5 heterocycles. The van der Waals surface area contributed by atoms with Gasteiger partial charge in [0.25, 0.3) is 5.91 Å². The van der Waals surface area contributed by atoms with E-state index in [-0.39, 0.29) is 43.8 Å². The molecular formula is C38H45N5O6. The molecule has 0 saturated heterocycles. The van der Waals surface area contributed by atoms with Gasteiger partial charge in [0.15, 0.2) is 0 Å². The molecule has 5 rings (SSSR count). The summed E-state index contributed by atoms with van der Waals surface area (Å²) in [6.07, 6.45) is 2.93. The average molecular weight is 668 g/mol. The standard InChI is InChI=1S/C38H45N5O6/c1-9-23-19(3)27-16-29-21(5)25(11-12-33(45)48-7)36(42-29)26(15-34(46)49-8)37-35(38(47)39-13-14-44)22(6)30(43-37)18-32-24(10-2)20(4)28(41-32)17-31(23)40-27/h9,16-18,21,25,41,43-44H,1,10-15H2,2-8H3,(H,39,47). The molecule has 0 saturated carbocycles. The molecule has 0 aliphatic carbocycles. The van der Waals surface area contributed by atoms with E-state index < -0.39 is 11.9 Å². The van der Waals surface area contributed by atoms with Crippen LogP contribution in [0, 0.1) is 13.8 Å². The van der Waals surface area contributed by atoms with Crippen molar-refractivity contribution < 1.29 is 29.0 Å². The zero-order chi connectivity index (χ0) is 35.6. The van der Waals surface area contributed by atoms with E-state index in [1.165, 1.54) is 14.2 Å². The van der Waals surface area contributed by atoms with Gasteiger partial charge in [0.1, 0.15) is 0 Å². The van der Waals surface area contributed by atoms with E-state index in [0.717, 1.165) is 56.8 Å². The highest BCUT2D eigenvalue weighted by Gasteiger charge is 2.34. The van der Waals surface area contributed by atoms with Gasteiger partial charge in [-0.1, -0.05) is 26.5 Å². The fourth-order valence-electron chi connectivity index (χ4n) is 6.97. The number of aliphatic hydroxyl groups excluding tert-OH is 1. The molecule has 0 fully saturated rings. The summed E-state index contributed by atoms with van der Waals surface area (Å²) in [5, 5.41) is 12.3. The van der Waals surface area contributed by atoms with E-state index in [0.29, 0.717) is 39.8 Å². The number of esters is 2. The number of aromatic amines is 2. The topological polar surface area (TPSA) is 159 Å². The highest BCUT2D eigenvalue weighted by atomic mass is 16.5. The van der Waals surface area contributed by atoms with Gasteiger partial charge in [0.05, 0.1) is 55.4 Å². The lowest BCUT2D eigenvalue weighted by atomic mass is 9.85. The van der Waals surface area contributed by atoms with Crippen molar-refractivity contribution in [3.8, 4) is 0 Å². The van der Waals surface area contributed by atoms with Gasteiger partial charge in [-0.05, 0) is 74.1 Å². The largest absolute Gasteiger partial charge is 0.469 e. The Morgan fingerprint density at radius 1 is 0.959 bits per heavy atom. The van der Waals surface area contributed by atoms with Crippen LogP contribution in [0.2, 0.25) is 0 Å². The number of aliphatic hydroxyl groups is 1. The first kappa shape index (κ1) is 35.3. The number of aromatic nitrogens is 4. The Kier molecular flexibility index (Phi) is 10.5. The number of nitrogens with one attached hydrogen (secondary N) is 3. The molecule has 0 aromatic carbocycles. The lowest BCUT2D eigenvalue weighted by Crippen LogP contribution is -2.27. The lowest BCUT2D eigenvalue weighted by molar-refractivity contribution is -0.141. The molecule has 0 radical (unpaired) electrons. The number of aryl methyl sites for hydroxylation is 3. The first-order valence-electron chi connectivity index (χ1n) is 16.6. The summed E-state index contributed by atoms with van der Waals surface area (Å²) >= 11 is 0. The van der Waals surface area contributed by atoms with Crippen molar-refractivity contribution in [3.63, 3.8) is 0 Å². The SMILES string of the molecule is C=CC1=C(C)c2cc3nc(c(CC(=O)OC)c4[nH]c(cc5[nH]c(cc1n2)c(C)c5CC)c(C)c4C(=O)NCCO)C(CCC(=O)OC)C3C. The van der Waals surface area contributed by atoms with E-state index in [4.69, 9.17) is 19.4 Å². The number of carbonyl (C=O) groups excluding carboxylic acids is 3. The molecule has 11 nitrogen and oxygen atoms in total. The molecule has 2 atom stereocenters. The van der Waals surface area contributed by atoms with Gasteiger partial charge in [-0.25, -0.2) is 4.98 Å². The molecule has 0 spiro atoms. The Labute approximate surface area is 285 Å². The van der Waals surface area contributed by atoms with E-state index in [1.807, 2.05) is 45.0 Å². The summed E-state index contributed by atoms with van der Waals surface area (Å²) < 4.78 is 10.1. The highest BCUT2D eigenvalue weighted by Crippen LogP contribution is 2.43. The van der Waals surface area contributed by atoms with Crippen LogP contribution in [-0.4, -0.2) is 70.3 Å². The second kappa shape index (κ2) is 14.6. The van der Waals surface area contributed by atoms with Crippen molar-refractivity contribution in [1.29, 1.82) is 0 Å². The van der Waals surface area contributed by atoms with Gasteiger partial charge >= 0.3 is 11.9 Å². The number of nitrogens with zero attached hydrogens (tertiary/aromatic N) is 2. The molecule has 11 heteroatoms. The molecular weight excluding hydrogens is 622 g/mol. The number of amides is 1. The molecule has 49 heavy (non-hydrogen) atoms. The Morgan fingerprint density at radius 2 is 1.67 bits per heavy atom. The average Bonchev–Trinajstić information content (AvgIpc) is 3.77. The zero-order valence-corrected chi connectivity index (χ0v) is 29.3. The third-order valence-electron chi connectivity index (χ3n) is 9.80. The maximum atomic E-state index is 13.8. The van der Waals surface area contributed by atoms with E-state index in [1.54, 1.807) is 0 Å². The Balaban J connectivity index is 2.02. The van der Waals surface area contributed by atoms with Crippen LogP contribution in [0.4, 0.5) is 0 Å². The number of hydrogen-bond acceptors (Lipinski definition) is 8. The number of allylic oxidation sites excluding steroid dienone is 3. The number of H-pyrrole nitrogens is 2. The van der Waals surface area contributed by atoms with E-state index in [2.05, 4.69) is 35.7 Å². The minimum atomic E-state index is -0.509. The molecule has 8 bridgehead atoms. The van der Waals surface area contributed by atoms with Crippen LogP contribution in [0.15, 0.2) is 30.9 Å². The molecule has 3 aromatic rings. The van der Waals surface area contributed by atoms with E-state index in [9.17, 15) is 19.5 Å². The second-order valence-corrected chi connectivity index (χ2v) is 12.5. The van der Waals surface area contributed by atoms with E-state index >= 15 is 0 Å². The van der Waals surface area contributed by atoms with Crippen LogP contribution in [0.5, 0.6) is 0 Å². The third kappa shape index (κ3) is 6.67. The quantitative estimate of drug-likeness (QED) is 0.195. The maximum absolute atomic E-state index is 13.8. The van der Waals surface area contributed by atoms with Crippen LogP contribution in [0.1, 0.15) is 101 Å². The van der Waals surface area contributed by atoms with Crippen molar-refractivity contribution in [2.75, 3.05) is 27.4 Å². The van der Waals surface area contributed by atoms with Gasteiger partial charge < -0.3 is 29.9 Å². The van der Waals surface area contributed by atoms with Crippen molar-refractivity contribution in [1.82, 2.24) is 25.3 Å². The maximum Gasteiger partial charge on any atom is 0.310 e. The minimum absolute atomic E-state index is 0.0520. The zero-order valence-electron chi connectivity index (χ0n) is 29.3. The molecule has 3 aromatic heterocycles. The Hall–Kier alpha value is -5.03. The molecule has 1 amide bonds. The van der Waals surface area contributed by atoms with Crippen molar-refractivity contribution in [2.24, 2.45) is 0 Å². The van der Waals surface area contributed by atoms with Crippen molar-refractivity contribution in [3.05, 3.63) is 81.4 Å². The van der Waals surface area contributed by atoms with Crippen LogP contribution >= 0.6 is 0 Å². The number of hydrogen-bond donors (Lipinski definition) is 4. The smallest absolute Gasteiger partial charge is 0.310 e. The number of methoxy groups -OCH3 is 2. The van der Waals surface area contributed by atoms with Gasteiger partial charge in [-0.15, -0.1) is 0 Å². The normalized spacial score (nSPS) is 15.7. The Bertz CT molecular complexity index is 2040. The molecule has 2 aliphatic rings. The summed E-state index contributed by atoms with van der Waals surface area (Å²) in [6.45, 7) is 14.0. The minimum Gasteiger partial charge on any atom is -0.469 e. The number of ether oxygens (including phenoxy) is 2. The van der Waals surface area contributed by atoms with Crippen LogP contribution in [0.3, 0.4) is 0 Å². The van der Waals surface area contributed by atoms with Gasteiger partial charge in [-0.3, -0.25) is 19.4 Å². The second-order valence-electron chi connectivity index (χ2n) is 12.5. The summed E-state index contributed by atoms with van der Waals surface area (Å²) in [5.74, 6) is -1.74. The lowest BCUT2D eigenvalue weighted by Gasteiger charge is -2.18. The van der Waals surface area contributed by atoms with Crippen LogP contribution < -0.4 is 5.32 Å². The molecule has 2 unspecified atom stereocenters. The highest BCUT2D eigenvalue weighted by molar-refractivity contribution is 6.06. The first-order valence-corrected chi connectivity index (χ1v) is 16.6. The van der Waals surface area contributed by atoms with Crippen molar-refractivity contribution in [2.45, 2.75) is 72.1 Å². The van der Waals surface area contributed by atoms with Gasteiger partial charge in [-0.2, -0.15) is 0 Å². The summed E-state index contributed by atoms with van der Waals surface area (Å²) in [4.78, 5) is 56.6. The number of fused-ring (bicyclic) bond motifs is 8. The number of rotatable bonds is 10. The summed E-state index contributed by atoms with van der Waals surface area (Å²) in [7, 11) is 2.67. The fraction of sp³-hybridized carbons (Fsp3) is 0.395. The van der Waals surface area contributed by atoms with Crippen molar-refractivity contribution >= 4 is 51.1 Å². The number of carbonyl (C=O) groups is 3.